The van der Waals surface area contributed by atoms with E-state index in [1.807, 2.05) is 19.1 Å². The molecule has 0 aromatic heterocycles. The molecule has 0 amide bonds. The van der Waals surface area contributed by atoms with Gasteiger partial charge in [-0.05, 0) is 40.2 Å². The van der Waals surface area contributed by atoms with Crippen LogP contribution in [0.1, 0.15) is 18.5 Å². The first-order valence-corrected chi connectivity index (χ1v) is 6.27. The van der Waals surface area contributed by atoms with Crippen molar-refractivity contribution in [2.45, 2.75) is 13.0 Å². The first-order chi connectivity index (χ1) is 8.26. The van der Waals surface area contributed by atoms with Crippen molar-refractivity contribution in [1.29, 1.82) is 5.26 Å². The van der Waals surface area contributed by atoms with Gasteiger partial charge >= 0.3 is 0 Å². The molecule has 0 saturated carbocycles. The van der Waals surface area contributed by atoms with E-state index in [0.717, 1.165) is 16.6 Å². The smallest absolute Gasteiger partial charge is 0.175 e. The van der Waals surface area contributed by atoms with Crippen LogP contribution in [-0.4, -0.2) is 19.8 Å². The summed E-state index contributed by atoms with van der Waals surface area (Å²) in [5.41, 5.74) is 0.880. The van der Waals surface area contributed by atoms with Crippen molar-refractivity contribution < 1.29 is 9.47 Å². The fourth-order valence-electron chi connectivity index (χ4n) is 1.74. The second-order valence-electron chi connectivity index (χ2n) is 3.65. The van der Waals surface area contributed by atoms with Crippen LogP contribution in [0.4, 0.5) is 0 Å². The Balaban J connectivity index is 2.36. The molecule has 1 atom stereocenters. The van der Waals surface area contributed by atoms with Crippen LogP contribution in [0, 0.1) is 11.3 Å². The molecular formula is C12H13BrN2O2. The van der Waals surface area contributed by atoms with Gasteiger partial charge in [0.1, 0.15) is 19.3 Å². The number of nitrogens with one attached hydrogen (secondary N) is 1. The summed E-state index contributed by atoms with van der Waals surface area (Å²) in [6, 6.07) is 5.65. The number of hydrogen-bond donors (Lipinski definition) is 1. The van der Waals surface area contributed by atoms with Gasteiger partial charge in [0.05, 0.1) is 10.5 Å². The van der Waals surface area contributed by atoms with Gasteiger partial charge in [0.25, 0.3) is 0 Å². The van der Waals surface area contributed by atoms with Crippen molar-refractivity contribution >= 4 is 15.9 Å². The molecule has 1 N–H and O–H groups in total. The zero-order valence-corrected chi connectivity index (χ0v) is 11.1. The molecule has 1 unspecified atom stereocenters. The van der Waals surface area contributed by atoms with Crippen molar-refractivity contribution in [3.63, 3.8) is 0 Å². The monoisotopic (exact) mass is 296 g/mol. The van der Waals surface area contributed by atoms with E-state index in [4.69, 9.17) is 14.7 Å². The number of nitrogens with zero attached hydrogens (tertiary/aromatic N) is 1. The average molecular weight is 297 g/mol. The van der Waals surface area contributed by atoms with Crippen LogP contribution in [0.5, 0.6) is 11.5 Å². The van der Waals surface area contributed by atoms with E-state index in [1.165, 1.54) is 0 Å². The zero-order chi connectivity index (χ0) is 12.3. The molecule has 5 heteroatoms. The molecule has 0 bridgehead atoms. The van der Waals surface area contributed by atoms with E-state index in [1.54, 1.807) is 0 Å². The highest BCUT2D eigenvalue weighted by molar-refractivity contribution is 9.10. The van der Waals surface area contributed by atoms with Gasteiger partial charge in [-0.3, -0.25) is 5.32 Å². The number of fused-ring (bicyclic) bond motifs is 1. The Bertz CT molecular complexity index is 457. The lowest BCUT2D eigenvalue weighted by atomic mass is 10.1. The summed E-state index contributed by atoms with van der Waals surface area (Å²) >= 11 is 3.44. The van der Waals surface area contributed by atoms with E-state index < -0.39 is 0 Å². The van der Waals surface area contributed by atoms with Gasteiger partial charge in [-0.25, -0.2) is 0 Å². The molecule has 17 heavy (non-hydrogen) atoms. The average Bonchev–Trinajstić information content (AvgIpc) is 2.36. The molecule has 2 rings (SSSR count). The third-order valence-electron chi connectivity index (χ3n) is 2.49. The van der Waals surface area contributed by atoms with Crippen LogP contribution in [0.2, 0.25) is 0 Å². The molecule has 0 saturated heterocycles. The predicted molar refractivity (Wildman–Crippen MR) is 67.2 cm³/mol. The van der Waals surface area contributed by atoms with Crippen LogP contribution in [0.3, 0.4) is 0 Å². The Labute approximate surface area is 109 Å². The summed E-state index contributed by atoms with van der Waals surface area (Å²) in [5, 5.41) is 12.2. The van der Waals surface area contributed by atoms with Gasteiger partial charge in [-0.15, -0.1) is 0 Å². The topological polar surface area (TPSA) is 54.3 Å². The minimum Gasteiger partial charge on any atom is -0.486 e. The van der Waals surface area contributed by atoms with Crippen LogP contribution in [0.15, 0.2) is 16.6 Å². The van der Waals surface area contributed by atoms with Gasteiger partial charge in [0, 0.05) is 0 Å². The standard InChI is InChI=1S/C12H13BrN2O2/c1-2-15-10(7-14)8-5-9(13)12-11(6-8)16-3-4-17-12/h5-6,10,15H,2-4H2,1H3. The highest BCUT2D eigenvalue weighted by atomic mass is 79.9. The lowest BCUT2D eigenvalue weighted by molar-refractivity contribution is 0.170. The molecule has 1 aliphatic rings. The summed E-state index contributed by atoms with van der Waals surface area (Å²) < 4.78 is 11.9. The number of hydrogen-bond acceptors (Lipinski definition) is 4. The van der Waals surface area contributed by atoms with Gasteiger partial charge in [0.15, 0.2) is 11.5 Å². The largest absolute Gasteiger partial charge is 0.486 e. The Kier molecular flexibility index (Phi) is 3.87. The van der Waals surface area contributed by atoms with Crippen molar-refractivity contribution in [3.8, 4) is 17.6 Å². The summed E-state index contributed by atoms with van der Waals surface area (Å²) in [7, 11) is 0. The van der Waals surface area contributed by atoms with E-state index in [0.29, 0.717) is 24.7 Å². The molecule has 1 heterocycles. The number of nitriles is 1. The molecular weight excluding hydrogens is 284 g/mol. The summed E-state index contributed by atoms with van der Waals surface area (Å²) in [6.45, 7) is 3.81. The number of rotatable bonds is 3. The van der Waals surface area contributed by atoms with Crippen LogP contribution < -0.4 is 14.8 Å². The van der Waals surface area contributed by atoms with E-state index >= 15 is 0 Å². The fourth-order valence-corrected chi connectivity index (χ4v) is 2.31. The summed E-state index contributed by atoms with van der Waals surface area (Å²) in [6.07, 6.45) is 0. The maximum atomic E-state index is 9.11. The molecule has 0 aliphatic carbocycles. The molecule has 1 aliphatic heterocycles. The maximum Gasteiger partial charge on any atom is 0.175 e. The van der Waals surface area contributed by atoms with Gasteiger partial charge in [0.2, 0.25) is 0 Å². The second-order valence-corrected chi connectivity index (χ2v) is 4.50. The highest BCUT2D eigenvalue weighted by Crippen LogP contribution is 2.39. The van der Waals surface area contributed by atoms with Crippen molar-refractivity contribution in [2.75, 3.05) is 19.8 Å². The molecule has 1 aromatic carbocycles. The number of halogens is 1. The molecule has 0 fully saturated rings. The van der Waals surface area contributed by atoms with Crippen LogP contribution in [-0.2, 0) is 0 Å². The highest BCUT2D eigenvalue weighted by Gasteiger charge is 2.19. The normalized spacial score (nSPS) is 15.1. The van der Waals surface area contributed by atoms with E-state index in [2.05, 4.69) is 27.3 Å². The first kappa shape index (κ1) is 12.2. The van der Waals surface area contributed by atoms with Crippen LogP contribution >= 0.6 is 15.9 Å². The van der Waals surface area contributed by atoms with Gasteiger partial charge in [-0.1, -0.05) is 6.92 Å². The Morgan fingerprint density at radius 2 is 2.24 bits per heavy atom. The molecule has 90 valence electrons. The minimum atomic E-state index is -0.327. The first-order valence-electron chi connectivity index (χ1n) is 5.48. The number of benzene rings is 1. The molecule has 0 radical (unpaired) electrons. The lowest BCUT2D eigenvalue weighted by Crippen LogP contribution is -2.20. The SMILES string of the molecule is CCNC(C#N)c1cc(Br)c2c(c1)OCCO2. The third kappa shape index (κ3) is 2.54. The van der Waals surface area contributed by atoms with Crippen molar-refractivity contribution in [2.24, 2.45) is 0 Å². The quantitative estimate of drug-likeness (QED) is 0.930. The van der Waals surface area contributed by atoms with Gasteiger partial charge < -0.3 is 9.47 Å². The van der Waals surface area contributed by atoms with E-state index in [9.17, 15) is 0 Å². The molecule has 0 spiro atoms. The number of ether oxygens (including phenoxy) is 2. The fraction of sp³-hybridized carbons (Fsp3) is 0.417. The van der Waals surface area contributed by atoms with Gasteiger partial charge in [-0.2, -0.15) is 5.26 Å². The maximum absolute atomic E-state index is 9.11. The molecule has 1 aromatic rings. The van der Waals surface area contributed by atoms with Crippen molar-refractivity contribution in [1.82, 2.24) is 5.32 Å². The summed E-state index contributed by atoms with van der Waals surface area (Å²) in [4.78, 5) is 0. The Hall–Kier alpha value is -1.25. The summed E-state index contributed by atoms with van der Waals surface area (Å²) in [5.74, 6) is 1.41. The third-order valence-corrected chi connectivity index (χ3v) is 3.08. The zero-order valence-electron chi connectivity index (χ0n) is 9.50. The second kappa shape index (κ2) is 5.39. The molecule has 4 nitrogen and oxygen atoms in total. The minimum absolute atomic E-state index is 0.327. The Morgan fingerprint density at radius 1 is 1.47 bits per heavy atom. The van der Waals surface area contributed by atoms with E-state index in [-0.39, 0.29) is 6.04 Å². The predicted octanol–water partition coefficient (Wildman–Crippen LogP) is 2.39. The Morgan fingerprint density at radius 3 is 2.94 bits per heavy atom. The lowest BCUT2D eigenvalue weighted by Gasteiger charge is -2.21. The van der Waals surface area contributed by atoms with Crippen LogP contribution in [0.25, 0.3) is 0 Å². The van der Waals surface area contributed by atoms with Crippen molar-refractivity contribution in [3.05, 3.63) is 22.2 Å².